The Hall–Kier alpha value is -3.33. The van der Waals surface area contributed by atoms with Gasteiger partial charge in [-0.05, 0) is 36.8 Å². The number of hydrogen-bond acceptors (Lipinski definition) is 5. The molecule has 0 saturated carbocycles. The van der Waals surface area contributed by atoms with E-state index in [2.05, 4.69) is 4.98 Å². The molecular weight excluding hydrogens is 414 g/mol. The minimum Gasteiger partial charge on any atom is -0.478 e. The van der Waals surface area contributed by atoms with Crippen LogP contribution in [0.5, 0.6) is 5.88 Å². The number of halogens is 2. The zero-order valence-corrected chi connectivity index (χ0v) is 16.6. The molecule has 1 aliphatic rings. The van der Waals surface area contributed by atoms with Gasteiger partial charge < -0.3 is 4.74 Å². The van der Waals surface area contributed by atoms with Gasteiger partial charge >= 0.3 is 0 Å². The number of fused-ring (bicyclic) bond motifs is 1. The van der Waals surface area contributed by atoms with E-state index in [9.17, 15) is 22.0 Å². The van der Waals surface area contributed by atoms with Crippen LogP contribution in [0.3, 0.4) is 0 Å². The fourth-order valence-corrected chi connectivity index (χ4v) is 4.93. The molecular formula is C21H16F2N2O4S. The smallest absolute Gasteiger partial charge is 0.270 e. The van der Waals surface area contributed by atoms with Crippen LogP contribution in [0, 0.1) is 11.6 Å². The van der Waals surface area contributed by atoms with Crippen LogP contribution in [-0.4, -0.2) is 25.9 Å². The molecule has 0 radical (unpaired) electrons. The van der Waals surface area contributed by atoms with Crippen LogP contribution in [0.4, 0.5) is 14.5 Å². The first-order chi connectivity index (χ1) is 14.4. The largest absolute Gasteiger partial charge is 0.478 e. The van der Waals surface area contributed by atoms with Crippen LogP contribution in [0.2, 0.25) is 0 Å². The van der Waals surface area contributed by atoms with Crippen LogP contribution in [-0.2, 0) is 14.8 Å². The summed E-state index contributed by atoms with van der Waals surface area (Å²) in [6.07, 6.45) is 1.46. The molecule has 0 spiro atoms. The van der Waals surface area contributed by atoms with E-state index in [4.69, 9.17) is 4.74 Å². The standard InChI is InChI=1S/C21H16F2N2O4S/c1-2-29-20-14(9-6-10-24-20)19-15-11-16(22)17(23)12-18(15)25(21(19)26)30(27,28)13-7-4-3-5-8-13/h3-12,19H,2H2,1H3. The molecule has 4 rings (SSSR count). The van der Waals surface area contributed by atoms with E-state index < -0.39 is 33.5 Å². The van der Waals surface area contributed by atoms with Gasteiger partial charge in [0.05, 0.1) is 23.1 Å². The SMILES string of the molecule is CCOc1ncccc1C1C(=O)N(S(=O)(=O)c2ccccc2)c2cc(F)c(F)cc21. The van der Waals surface area contributed by atoms with E-state index in [1.807, 2.05) is 0 Å². The van der Waals surface area contributed by atoms with Crippen molar-refractivity contribution in [2.75, 3.05) is 10.9 Å². The number of amides is 1. The van der Waals surface area contributed by atoms with Crippen LogP contribution in [0.1, 0.15) is 24.0 Å². The predicted molar refractivity (Wildman–Crippen MR) is 105 cm³/mol. The number of carbonyl (C=O) groups is 1. The third-order valence-corrected chi connectivity index (χ3v) is 6.45. The molecule has 0 bridgehead atoms. The normalized spacial score (nSPS) is 15.9. The number of rotatable bonds is 5. The van der Waals surface area contributed by atoms with Gasteiger partial charge in [0.2, 0.25) is 5.88 Å². The first-order valence-electron chi connectivity index (χ1n) is 9.07. The molecule has 1 aliphatic heterocycles. The molecule has 30 heavy (non-hydrogen) atoms. The lowest BCUT2D eigenvalue weighted by Crippen LogP contribution is -2.35. The Labute approximate surface area is 171 Å². The van der Waals surface area contributed by atoms with Crippen molar-refractivity contribution in [2.24, 2.45) is 0 Å². The zero-order valence-electron chi connectivity index (χ0n) is 15.7. The Kier molecular flexibility index (Phi) is 4.98. The van der Waals surface area contributed by atoms with E-state index in [-0.39, 0.29) is 34.2 Å². The highest BCUT2D eigenvalue weighted by molar-refractivity contribution is 7.93. The maximum absolute atomic E-state index is 14.1. The number of carbonyl (C=O) groups excluding carboxylic acids is 1. The second kappa shape index (κ2) is 7.49. The molecule has 2 aromatic carbocycles. The quantitative estimate of drug-likeness (QED) is 0.618. The summed E-state index contributed by atoms with van der Waals surface area (Å²) < 4.78 is 60.6. The van der Waals surface area contributed by atoms with Crippen molar-refractivity contribution in [3.63, 3.8) is 0 Å². The van der Waals surface area contributed by atoms with Crippen LogP contribution < -0.4 is 9.04 Å². The Bertz CT molecular complexity index is 1230. The van der Waals surface area contributed by atoms with Gasteiger partial charge in [-0.1, -0.05) is 24.3 Å². The highest BCUT2D eigenvalue weighted by atomic mass is 32.2. The second-order valence-electron chi connectivity index (χ2n) is 6.51. The highest BCUT2D eigenvalue weighted by Gasteiger charge is 2.46. The monoisotopic (exact) mass is 430 g/mol. The number of ether oxygens (including phenoxy) is 1. The molecule has 6 nitrogen and oxygen atoms in total. The lowest BCUT2D eigenvalue weighted by Gasteiger charge is -2.19. The van der Waals surface area contributed by atoms with Gasteiger partial charge in [0, 0.05) is 17.8 Å². The molecule has 0 N–H and O–H groups in total. The number of hydrogen-bond donors (Lipinski definition) is 0. The van der Waals surface area contributed by atoms with E-state index in [1.165, 1.54) is 30.5 Å². The maximum Gasteiger partial charge on any atom is 0.270 e. The van der Waals surface area contributed by atoms with E-state index in [0.717, 1.165) is 12.1 Å². The summed E-state index contributed by atoms with van der Waals surface area (Å²) in [6.45, 7) is 1.98. The van der Waals surface area contributed by atoms with Gasteiger partial charge in [0.25, 0.3) is 15.9 Å². The summed E-state index contributed by atoms with van der Waals surface area (Å²) in [7, 11) is -4.36. The summed E-state index contributed by atoms with van der Waals surface area (Å²) in [5.41, 5.74) is 0.0498. The van der Waals surface area contributed by atoms with Crippen molar-refractivity contribution >= 4 is 21.6 Å². The predicted octanol–water partition coefficient (Wildman–Crippen LogP) is 3.63. The zero-order chi connectivity index (χ0) is 21.5. The first kappa shape index (κ1) is 20.0. The third kappa shape index (κ3) is 3.11. The number of anilines is 1. The van der Waals surface area contributed by atoms with Crippen LogP contribution in [0.25, 0.3) is 0 Å². The van der Waals surface area contributed by atoms with Crippen LogP contribution >= 0.6 is 0 Å². The Morgan fingerprint density at radius 3 is 2.43 bits per heavy atom. The highest BCUT2D eigenvalue weighted by Crippen LogP contribution is 2.46. The summed E-state index contributed by atoms with van der Waals surface area (Å²) in [5, 5.41) is 0. The van der Waals surface area contributed by atoms with Gasteiger partial charge in [-0.25, -0.2) is 26.5 Å². The van der Waals surface area contributed by atoms with Crippen molar-refractivity contribution in [3.8, 4) is 5.88 Å². The van der Waals surface area contributed by atoms with Gasteiger partial charge in [-0.2, -0.15) is 0 Å². The number of aromatic nitrogens is 1. The van der Waals surface area contributed by atoms with Crippen molar-refractivity contribution in [2.45, 2.75) is 17.7 Å². The summed E-state index contributed by atoms with van der Waals surface area (Å²) in [6, 6.07) is 12.0. The third-order valence-electron chi connectivity index (χ3n) is 4.72. The van der Waals surface area contributed by atoms with Gasteiger partial charge in [-0.15, -0.1) is 0 Å². The fourth-order valence-electron chi connectivity index (χ4n) is 3.45. The molecule has 1 unspecified atom stereocenters. The molecule has 0 aliphatic carbocycles. The van der Waals surface area contributed by atoms with Gasteiger partial charge in [0.15, 0.2) is 11.6 Å². The molecule has 0 saturated heterocycles. The lowest BCUT2D eigenvalue weighted by molar-refractivity contribution is -0.117. The molecule has 0 fully saturated rings. The lowest BCUT2D eigenvalue weighted by atomic mass is 9.93. The van der Waals surface area contributed by atoms with E-state index >= 15 is 0 Å². The Morgan fingerprint density at radius 1 is 1.03 bits per heavy atom. The second-order valence-corrected chi connectivity index (χ2v) is 8.30. The summed E-state index contributed by atoms with van der Waals surface area (Å²) in [5.74, 6) is -4.41. The number of nitrogens with zero attached hydrogens (tertiary/aromatic N) is 2. The minimum absolute atomic E-state index is 0.0207. The summed E-state index contributed by atoms with van der Waals surface area (Å²) in [4.78, 5) is 17.3. The summed E-state index contributed by atoms with van der Waals surface area (Å²) >= 11 is 0. The van der Waals surface area contributed by atoms with Gasteiger partial charge in [-0.3, -0.25) is 4.79 Å². The number of sulfonamides is 1. The average molecular weight is 430 g/mol. The Morgan fingerprint density at radius 2 is 1.73 bits per heavy atom. The molecule has 2 heterocycles. The van der Waals surface area contributed by atoms with Crippen LogP contribution in [0.15, 0.2) is 65.7 Å². The molecule has 1 atom stereocenters. The maximum atomic E-state index is 14.1. The molecule has 3 aromatic rings. The molecule has 154 valence electrons. The minimum atomic E-state index is -4.36. The molecule has 9 heteroatoms. The number of pyridine rings is 1. The topological polar surface area (TPSA) is 76.6 Å². The average Bonchev–Trinajstić information content (AvgIpc) is 3.01. The van der Waals surface area contributed by atoms with Crippen molar-refractivity contribution in [1.29, 1.82) is 0 Å². The Balaban J connectivity index is 1.95. The molecule has 1 aromatic heterocycles. The fraction of sp³-hybridized carbons (Fsp3) is 0.143. The van der Waals surface area contributed by atoms with E-state index in [0.29, 0.717) is 4.31 Å². The van der Waals surface area contributed by atoms with E-state index in [1.54, 1.807) is 25.1 Å². The first-order valence-corrected chi connectivity index (χ1v) is 10.5. The van der Waals surface area contributed by atoms with Crippen molar-refractivity contribution in [3.05, 3.63) is 83.6 Å². The number of benzene rings is 2. The molecule has 1 amide bonds. The van der Waals surface area contributed by atoms with Crippen molar-refractivity contribution < 1.29 is 26.7 Å². The van der Waals surface area contributed by atoms with Gasteiger partial charge in [0.1, 0.15) is 0 Å². The van der Waals surface area contributed by atoms with Crippen molar-refractivity contribution in [1.82, 2.24) is 4.98 Å².